The van der Waals surface area contributed by atoms with Gasteiger partial charge in [-0.25, -0.2) is 0 Å². The Labute approximate surface area is 159 Å². The van der Waals surface area contributed by atoms with Gasteiger partial charge in [-0.15, -0.1) is 0 Å². The van der Waals surface area contributed by atoms with E-state index in [0.717, 1.165) is 17.8 Å². The summed E-state index contributed by atoms with van der Waals surface area (Å²) in [7, 11) is 0. The Bertz CT molecular complexity index is 315. The van der Waals surface area contributed by atoms with Crippen LogP contribution in [0.4, 0.5) is 0 Å². The Morgan fingerprint density at radius 2 is 1.20 bits per heavy atom. The molecule has 0 aromatic heterocycles. The topological polar surface area (TPSA) is 0 Å². The fraction of sp³-hybridized carbons (Fsp3) is 1.00. The molecule has 2 aliphatic carbocycles. The summed E-state index contributed by atoms with van der Waals surface area (Å²) in [6, 6.07) is 0. The molecule has 2 aliphatic rings. The second-order valence-electron chi connectivity index (χ2n) is 10.1. The van der Waals surface area contributed by atoms with Gasteiger partial charge in [0.25, 0.3) is 0 Å². The number of hydrogen-bond donors (Lipinski definition) is 0. The summed E-state index contributed by atoms with van der Waals surface area (Å²) in [4.78, 5) is 0. The van der Waals surface area contributed by atoms with Crippen LogP contribution < -0.4 is 0 Å². The molecule has 0 heterocycles. The van der Waals surface area contributed by atoms with Crippen LogP contribution in [-0.2, 0) is 0 Å². The molecule has 2 rings (SSSR count). The Balaban J connectivity index is 1.60. The molecule has 0 unspecified atom stereocenters. The highest BCUT2D eigenvalue weighted by Gasteiger charge is 2.35. The van der Waals surface area contributed by atoms with Crippen LogP contribution in [0.25, 0.3) is 0 Å². The zero-order valence-corrected chi connectivity index (χ0v) is 18.0. The molecule has 0 radical (unpaired) electrons. The van der Waals surface area contributed by atoms with Crippen molar-refractivity contribution in [3.63, 3.8) is 0 Å². The lowest BCUT2D eigenvalue weighted by Crippen LogP contribution is -2.30. The van der Waals surface area contributed by atoms with Crippen LogP contribution >= 0.6 is 0 Å². The van der Waals surface area contributed by atoms with Gasteiger partial charge in [-0.2, -0.15) is 0 Å². The summed E-state index contributed by atoms with van der Waals surface area (Å²) in [6.07, 6.45) is 27.0. The molecule has 0 spiro atoms. The van der Waals surface area contributed by atoms with E-state index in [-0.39, 0.29) is 0 Å². The van der Waals surface area contributed by atoms with Crippen molar-refractivity contribution in [1.82, 2.24) is 0 Å². The van der Waals surface area contributed by atoms with E-state index in [1.54, 1.807) is 38.5 Å². The van der Waals surface area contributed by atoms with Crippen LogP contribution in [0.5, 0.6) is 0 Å². The highest BCUT2D eigenvalue weighted by molar-refractivity contribution is 4.86. The molecule has 0 heteroatoms. The molecule has 2 fully saturated rings. The second kappa shape index (κ2) is 11.7. The van der Waals surface area contributed by atoms with Gasteiger partial charge in [0.15, 0.2) is 0 Å². The summed E-state index contributed by atoms with van der Waals surface area (Å²) in [6.45, 7) is 7.26. The first-order valence-electron chi connectivity index (χ1n) is 12.2. The molecule has 0 nitrogen and oxygen atoms in total. The van der Waals surface area contributed by atoms with E-state index in [4.69, 9.17) is 0 Å². The normalized spacial score (nSPS) is 33.5. The molecule has 0 aliphatic heterocycles. The van der Waals surface area contributed by atoms with Crippen LogP contribution in [-0.4, -0.2) is 0 Å². The van der Waals surface area contributed by atoms with Gasteiger partial charge in [0, 0.05) is 0 Å². The third-order valence-electron chi connectivity index (χ3n) is 7.90. The smallest absolute Gasteiger partial charge is 0.0326 e. The van der Waals surface area contributed by atoms with Crippen molar-refractivity contribution in [2.45, 2.75) is 136 Å². The fourth-order valence-electron chi connectivity index (χ4n) is 5.85. The molecule has 0 saturated heterocycles. The van der Waals surface area contributed by atoms with Crippen LogP contribution in [0.3, 0.4) is 0 Å². The van der Waals surface area contributed by atoms with Gasteiger partial charge in [-0.05, 0) is 68.1 Å². The molecule has 0 atom stereocenters. The molecule has 0 bridgehead atoms. The largest absolute Gasteiger partial charge is 0.0654 e. The molecule has 0 aromatic carbocycles. The van der Waals surface area contributed by atoms with Crippen molar-refractivity contribution >= 4 is 0 Å². The van der Waals surface area contributed by atoms with Gasteiger partial charge in [0.2, 0.25) is 0 Å². The Morgan fingerprint density at radius 3 is 1.84 bits per heavy atom. The van der Waals surface area contributed by atoms with Gasteiger partial charge in [-0.3, -0.25) is 0 Å². The SMILES string of the molecule is CCCCCCCC1(C)CCC(C2CCC(CCCCC)CC2)CC1. The van der Waals surface area contributed by atoms with Crippen LogP contribution in [0, 0.1) is 23.2 Å². The monoisotopic (exact) mass is 348 g/mol. The molecule has 2 saturated carbocycles. The Hall–Kier alpha value is 0. The zero-order valence-electron chi connectivity index (χ0n) is 18.0. The third kappa shape index (κ3) is 7.64. The maximum absolute atomic E-state index is 2.60. The molecule has 0 amide bonds. The predicted octanol–water partition coefficient (Wildman–Crippen LogP) is 8.93. The minimum atomic E-state index is 0.695. The number of unbranched alkanes of at least 4 members (excludes halogenated alkanes) is 6. The van der Waals surface area contributed by atoms with Gasteiger partial charge >= 0.3 is 0 Å². The van der Waals surface area contributed by atoms with E-state index < -0.39 is 0 Å². The van der Waals surface area contributed by atoms with Crippen molar-refractivity contribution < 1.29 is 0 Å². The highest BCUT2D eigenvalue weighted by Crippen LogP contribution is 2.47. The standard InChI is InChI=1S/C25H48/c1-4-6-8-9-11-19-25(3)20-17-24(18-21-25)23-15-13-22(14-16-23)12-10-7-5-2/h22-24H,4-21H2,1-3H3. The first-order valence-corrected chi connectivity index (χ1v) is 12.2. The predicted molar refractivity (Wildman–Crippen MR) is 113 cm³/mol. The molecule has 25 heavy (non-hydrogen) atoms. The number of rotatable bonds is 11. The fourth-order valence-corrected chi connectivity index (χ4v) is 5.85. The summed E-state index contributed by atoms with van der Waals surface area (Å²) in [5.74, 6) is 3.26. The maximum Gasteiger partial charge on any atom is -0.0326 e. The lowest BCUT2D eigenvalue weighted by atomic mass is 9.63. The minimum absolute atomic E-state index is 0.695. The summed E-state index contributed by atoms with van der Waals surface area (Å²) in [5, 5.41) is 0. The molecule has 148 valence electrons. The van der Waals surface area contributed by atoms with Crippen molar-refractivity contribution in [3.8, 4) is 0 Å². The van der Waals surface area contributed by atoms with Gasteiger partial charge < -0.3 is 0 Å². The Morgan fingerprint density at radius 1 is 0.640 bits per heavy atom. The van der Waals surface area contributed by atoms with Crippen molar-refractivity contribution in [2.75, 3.05) is 0 Å². The first kappa shape index (κ1) is 21.3. The third-order valence-corrected chi connectivity index (χ3v) is 7.90. The minimum Gasteiger partial charge on any atom is -0.0654 e. The van der Waals surface area contributed by atoms with E-state index in [2.05, 4.69) is 20.8 Å². The van der Waals surface area contributed by atoms with E-state index in [0.29, 0.717) is 5.41 Å². The summed E-state index contributed by atoms with van der Waals surface area (Å²) in [5.41, 5.74) is 0.695. The van der Waals surface area contributed by atoms with Crippen LogP contribution in [0.1, 0.15) is 136 Å². The molecule has 0 N–H and O–H groups in total. The number of hydrogen-bond acceptors (Lipinski definition) is 0. The molecule has 0 aromatic rings. The van der Waals surface area contributed by atoms with E-state index >= 15 is 0 Å². The van der Waals surface area contributed by atoms with E-state index in [9.17, 15) is 0 Å². The Kier molecular flexibility index (Phi) is 9.93. The lowest BCUT2D eigenvalue weighted by Gasteiger charge is -2.42. The van der Waals surface area contributed by atoms with Crippen LogP contribution in [0.2, 0.25) is 0 Å². The average molecular weight is 349 g/mol. The first-order chi connectivity index (χ1) is 12.2. The van der Waals surface area contributed by atoms with Crippen LogP contribution in [0.15, 0.2) is 0 Å². The molecular formula is C25H48. The van der Waals surface area contributed by atoms with Crippen molar-refractivity contribution in [1.29, 1.82) is 0 Å². The van der Waals surface area contributed by atoms with E-state index in [1.165, 1.54) is 77.0 Å². The maximum atomic E-state index is 2.60. The lowest BCUT2D eigenvalue weighted by molar-refractivity contribution is 0.0949. The highest BCUT2D eigenvalue weighted by atomic mass is 14.4. The van der Waals surface area contributed by atoms with Crippen molar-refractivity contribution in [3.05, 3.63) is 0 Å². The summed E-state index contributed by atoms with van der Waals surface area (Å²) < 4.78 is 0. The quantitative estimate of drug-likeness (QED) is 0.327. The molecular weight excluding hydrogens is 300 g/mol. The zero-order chi connectivity index (χ0) is 18.0. The second-order valence-corrected chi connectivity index (χ2v) is 10.1. The van der Waals surface area contributed by atoms with Gasteiger partial charge in [-0.1, -0.05) is 91.4 Å². The van der Waals surface area contributed by atoms with Gasteiger partial charge in [0.1, 0.15) is 0 Å². The van der Waals surface area contributed by atoms with Crippen molar-refractivity contribution in [2.24, 2.45) is 23.2 Å². The summed E-state index contributed by atoms with van der Waals surface area (Å²) >= 11 is 0. The van der Waals surface area contributed by atoms with E-state index in [1.807, 2.05) is 0 Å². The average Bonchev–Trinajstić information content (AvgIpc) is 2.63. The van der Waals surface area contributed by atoms with Gasteiger partial charge in [0.05, 0.1) is 0 Å².